The van der Waals surface area contributed by atoms with Crippen LogP contribution in [0.5, 0.6) is 0 Å². The van der Waals surface area contributed by atoms with Crippen LogP contribution in [0.3, 0.4) is 0 Å². The normalized spacial score (nSPS) is 10.9. The molecule has 0 unspecified atom stereocenters. The minimum atomic E-state index is -0.123. The highest BCUT2D eigenvalue weighted by Crippen LogP contribution is 2.08. The Morgan fingerprint density at radius 2 is 1.93 bits per heavy atom. The van der Waals surface area contributed by atoms with E-state index in [2.05, 4.69) is 27.9 Å². The molecule has 0 saturated heterocycles. The molecule has 1 heterocycles. The van der Waals surface area contributed by atoms with Crippen LogP contribution in [0.2, 0.25) is 0 Å². The van der Waals surface area contributed by atoms with Crippen molar-refractivity contribution in [2.24, 2.45) is 4.99 Å². The van der Waals surface area contributed by atoms with Gasteiger partial charge in [0.25, 0.3) is 5.91 Å². The Balaban J connectivity index is 0.00000392. The molecule has 1 amide bonds. The van der Waals surface area contributed by atoms with Gasteiger partial charge in [-0.15, -0.1) is 24.0 Å². The van der Waals surface area contributed by atoms with E-state index in [-0.39, 0.29) is 29.9 Å². The van der Waals surface area contributed by atoms with E-state index in [0.29, 0.717) is 18.7 Å². The molecule has 6 nitrogen and oxygen atoms in total. The summed E-state index contributed by atoms with van der Waals surface area (Å²) in [6, 6.07) is 11.2. The molecule has 1 aromatic heterocycles. The van der Waals surface area contributed by atoms with Crippen LogP contribution in [0.15, 0.2) is 52.1 Å². The largest absolute Gasteiger partial charge is 0.467 e. The molecular formula is C21H31IN4O2. The number of amides is 1. The second kappa shape index (κ2) is 14.0. The van der Waals surface area contributed by atoms with Gasteiger partial charge in [0, 0.05) is 18.7 Å². The Morgan fingerprint density at radius 1 is 1.07 bits per heavy atom. The Morgan fingerprint density at radius 3 is 2.64 bits per heavy atom. The van der Waals surface area contributed by atoms with Crippen molar-refractivity contribution >= 4 is 35.8 Å². The Kier molecular flexibility index (Phi) is 12.0. The second-order valence-electron chi connectivity index (χ2n) is 6.29. The van der Waals surface area contributed by atoms with Crippen LogP contribution in [-0.4, -0.2) is 25.0 Å². The average Bonchev–Trinajstić information content (AvgIpc) is 3.21. The van der Waals surface area contributed by atoms with Gasteiger partial charge in [0.05, 0.1) is 19.4 Å². The highest BCUT2D eigenvalue weighted by atomic mass is 127. The smallest absolute Gasteiger partial charge is 0.251 e. The number of halogens is 1. The predicted octanol–water partition coefficient (Wildman–Crippen LogP) is 4.07. The van der Waals surface area contributed by atoms with Crippen LogP contribution in [0.1, 0.15) is 54.8 Å². The van der Waals surface area contributed by atoms with Gasteiger partial charge >= 0.3 is 0 Å². The molecule has 7 heteroatoms. The van der Waals surface area contributed by atoms with E-state index in [0.717, 1.165) is 36.8 Å². The van der Waals surface area contributed by atoms with E-state index in [1.165, 1.54) is 12.8 Å². The van der Waals surface area contributed by atoms with E-state index in [4.69, 9.17) is 4.42 Å². The van der Waals surface area contributed by atoms with E-state index in [1.54, 1.807) is 18.4 Å². The lowest BCUT2D eigenvalue weighted by molar-refractivity contribution is 0.0948. The molecule has 0 aliphatic heterocycles. The number of unbranched alkanes of at least 4 members (excludes halogenated alkanes) is 2. The fourth-order valence-electron chi connectivity index (χ4n) is 2.59. The van der Waals surface area contributed by atoms with Gasteiger partial charge in [-0.1, -0.05) is 31.9 Å². The summed E-state index contributed by atoms with van der Waals surface area (Å²) in [7, 11) is 0. The molecular weight excluding hydrogens is 467 g/mol. The van der Waals surface area contributed by atoms with Crippen LogP contribution < -0.4 is 16.0 Å². The van der Waals surface area contributed by atoms with Crippen LogP contribution in [-0.2, 0) is 13.1 Å². The van der Waals surface area contributed by atoms with Crippen LogP contribution >= 0.6 is 24.0 Å². The molecule has 1 aromatic carbocycles. The van der Waals surface area contributed by atoms with E-state index in [9.17, 15) is 4.79 Å². The standard InChI is InChI=1S/C21H30N4O2.HI/c1-3-5-6-12-23-21(22-4-2)25-15-17-9-7-10-18(14-17)20(26)24-16-19-11-8-13-27-19;/h7-11,13-14H,3-6,12,15-16H2,1-2H3,(H,24,26)(H2,22,23,25);1H. The highest BCUT2D eigenvalue weighted by Gasteiger charge is 2.07. The van der Waals surface area contributed by atoms with Gasteiger partial charge in [-0.05, 0) is 43.2 Å². The third kappa shape index (κ3) is 8.77. The molecule has 0 radical (unpaired) electrons. The zero-order valence-corrected chi connectivity index (χ0v) is 19.0. The Bertz CT molecular complexity index is 717. The maximum Gasteiger partial charge on any atom is 0.251 e. The van der Waals surface area contributed by atoms with Crippen molar-refractivity contribution in [2.45, 2.75) is 46.2 Å². The Hall–Kier alpha value is -2.03. The van der Waals surface area contributed by atoms with Crippen LogP contribution in [0.25, 0.3) is 0 Å². The SMILES string of the molecule is CCCCCNC(=NCc1cccc(C(=O)NCc2ccco2)c1)NCC.I. The third-order valence-corrected chi connectivity index (χ3v) is 4.03. The highest BCUT2D eigenvalue weighted by molar-refractivity contribution is 14.0. The van der Waals surface area contributed by atoms with E-state index < -0.39 is 0 Å². The van der Waals surface area contributed by atoms with Crippen LogP contribution in [0.4, 0.5) is 0 Å². The minimum absolute atomic E-state index is 0. The van der Waals surface area contributed by atoms with Gasteiger partial charge in [0.2, 0.25) is 0 Å². The van der Waals surface area contributed by atoms with Crippen LogP contribution in [0, 0.1) is 0 Å². The predicted molar refractivity (Wildman–Crippen MR) is 124 cm³/mol. The maximum absolute atomic E-state index is 12.3. The summed E-state index contributed by atoms with van der Waals surface area (Å²) < 4.78 is 5.23. The first-order valence-electron chi connectivity index (χ1n) is 9.64. The number of hydrogen-bond donors (Lipinski definition) is 3. The average molecular weight is 498 g/mol. The van der Waals surface area contributed by atoms with Crippen molar-refractivity contribution in [3.63, 3.8) is 0 Å². The van der Waals surface area contributed by atoms with Gasteiger partial charge in [-0.2, -0.15) is 0 Å². The number of furan rings is 1. The van der Waals surface area contributed by atoms with Crippen molar-refractivity contribution in [1.82, 2.24) is 16.0 Å². The molecule has 0 spiro atoms. The molecule has 0 saturated carbocycles. The lowest BCUT2D eigenvalue weighted by Crippen LogP contribution is -2.37. The van der Waals surface area contributed by atoms with Crippen molar-refractivity contribution in [3.05, 3.63) is 59.5 Å². The number of carbonyl (C=O) groups is 1. The van der Waals surface area contributed by atoms with Crippen molar-refractivity contribution in [1.29, 1.82) is 0 Å². The summed E-state index contributed by atoms with van der Waals surface area (Å²) in [4.78, 5) is 16.9. The first-order chi connectivity index (χ1) is 13.2. The zero-order valence-electron chi connectivity index (χ0n) is 16.7. The number of nitrogens with one attached hydrogen (secondary N) is 3. The molecule has 28 heavy (non-hydrogen) atoms. The first kappa shape index (κ1) is 24.0. The number of hydrogen-bond acceptors (Lipinski definition) is 3. The van der Waals surface area contributed by atoms with Crippen molar-refractivity contribution in [2.75, 3.05) is 13.1 Å². The topological polar surface area (TPSA) is 78.7 Å². The summed E-state index contributed by atoms with van der Waals surface area (Å²) in [5.74, 6) is 1.41. The molecule has 154 valence electrons. The number of rotatable bonds is 10. The molecule has 0 atom stereocenters. The van der Waals surface area contributed by atoms with Gasteiger partial charge < -0.3 is 20.4 Å². The number of guanidine groups is 1. The quantitative estimate of drug-likeness (QED) is 0.200. The molecule has 0 aliphatic carbocycles. The Labute approximate surface area is 184 Å². The fraction of sp³-hybridized carbons (Fsp3) is 0.429. The molecule has 2 rings (SSSR count). The second-order valence-corrected chi connectivity index (χ2v) is 6.29. The fourth-order valence-corrected chi connectivity index (χ4v) is 2.59. The number of nitrogens with zero attached hydrogens (tertiary/aromatic N) is 1. The minimum Gasteiger partial charge on any atom is -0.467 e. The molecule has 2 aromatic rings. The number of benzene rings is 1. The number of aliphatic imine (C=N–C) groups is 1. The monoisotopic (exact) mass is 498 g/mol. The van der Waals surface area contributed by atoms with E-state index >= 15 is 0 Å². The maximum atomic E-state index is 12.3. The van der Waals surface area contributed by atoms with Crippen molar-refractivity contribution in [3.8, 4) is 0 Å². The van der Waals surface area contributed by atoms with Gasteiger partial charge in [0.15, 0.2) is 5.96 Å². The molecule has 0 aliphatic rings. The van der Waals surface area contributed by atoms with Gasteiger partial charge in [-0.3, -0.25) is 4.79 Å². The summed E-state index contributed by atoms with van der Waals surface area (Å²) in [6.07, 6.45) is 5.14. The number of carbonyl (C=O) groups excluding carboxylic acids is 1. The molecule has 3 N–H and O–H groups in total. The summed E-state index contributed by atoms with van der Waals surface area (Å²) in [5, 5.41) is 9.46. The molecule has 0 bridgehead atoms. The summed E-state index contributed by atoms with van der Waals surface area (Å²) in [6.45, 7) is 6.86. The zero-order chi connectivity index (χ0) is 19.3. The van der Waals surface area contributed by atoms with E-state index in [1.807, 2.05) is 31.2 Å². The lowest BCUT2D eigenvalue weighted by atomic mass is 10.1. The lowest BCUT2D eigenvalue weighted by Gasteiger charge is -2.11. The first-order valence-corrected chi connectivity index (χ1v) is 9.64. The van der Waals surface area contributed by atoms with Gasteiger partial charge in [-0.25, -0.2) is 4.99 Å². The molecule has 0 fully saturated rings. The summed E-state index contributed by atoms with van der Waals surface area (Å²) >= 11 is 0. The summed E-state index contributed by atoms with van der Waals surface area (Å²) in [5.41, 5.74) is 1.61. The third-order valence-electron chi connectivity index (χ3n) is 4.03. The van der Waals surface area contributed by atoms with Gasteiger partial charge in [0.1, 0.15) is 5.76 Å². The van der Waals surface area contributed by atoms with Crippen molar-refractivity contribution < 1.29 is 9.21 Å².